The first kappa shape index (κ1) is 22.7. The number of ether oxygens (including phenoxy) is 2. The van der Waals surface area contributed by atoms with E-state index in [0.717, 1.165) is 16.7 Å². The Bertz CT molecular complexity index is 958. The van der Waals surface area contributed by atoms with Crippen LogP contribution < -0.4 is 19.5 Å². The monoisotopic (exact) mass is 420 g/mol. The molecular formula is C21H28N2O5S. The highest BCUT2D eigenvalue weighted by molar-refractivity contribution is 7.89. The van der Waals surface area contributed by atoms with Crippen LogP contribution in [0.5, 0.6) is 11.5 Å². The molecule has 0 aromatic heterocycles. The Hall–Kier alpha value is -2.58. The number of methoxy groups -OCH3 is 2. The smallest absolute Gasteiger partial charge is 0.240 e. The van der Waals surface area contributed by atoms with E-state index in [0.29, 0.717) is 24.5 Å². The molecular weight excluding hydrogens is 392 g/mol. The van der Waals surface area contributed by atoms with Gasteiger partial charge in [-0.3, -0.25) is 4.79 Å². The minimum Gasteiger partial charge on any atom is -0.493 e. The molecule has 0 saturated heterocycles. The lowest BCUT2D eigenvalue weighted by atomic mass is 10.1. The summed E-state index contributed by atoms with van der Waals surface area (Å²) in [4.78, 5) is 12.3. The van der Waals surface area contributed by atoms with Crippen LogP contribution in [0.15, 0.2) is 41.3 Å². The van der Waals surface area contributed by atoms with Gasteiger partial charge >= 0.3 is 0 Å². The third-order valence-electron chi connectivity index (χ3n) is 4.60. The molecule has 0 aliphatic heterocycles. The Morgan fingerprint density at radius 1 is 0.966 bits per heavy atom. The number of nitrogens with one attached hydrogen (secondary N) is 2. The number of sulfonamides is 1. The maximum Gasteiger partial charge on any atom is 0.240 e. The number of hydrogen-bond acceptors (Lipinski definition) is 5. The van der Waals surface area contributed by atoms with Crippen LogP contribution >= 0.6 is 0 Å². The number of rotatable bonds is 10. The lowest BCUT2D eigenvalue weighted by Gasteiger charge is -2.11. The zero-order valence-electron chi connectivity index (χ0n) is 17.2. The third kappa shape index (κ3) is 6.47. The van der Waals surface area contributed by atoms with E-state index in [2.05, 4.69) is 10.0 Å². The van der Waals surface area contributed by atoms with Gasteiger partial charge in [0.1, 0.15) is 0 Å². The third-order valence-corrected chi connectivity index (χ3v) is 6.06. The van der Waals surface area contributed by atoms with Crippen LogP contribution in [-0.2, 0) is 21.4 Å². The second kappa shape index (κ2) is 10.3. The summed E-state index contributed by atoms with van der Waals surface area (Å²) in [7, 11) is -0.457. The van der Waals surface area contributed by atoms with Gasteiger partial charge in [0, 0.05) is 19.5 Å². The number of benzene rings is 2. The fraction of sp³-hybridized carbons (Fsp3) is 0.381. The molecule has 0 atom stereocenters. The molecule has 0 heterocycles. The predicted molar refractivity (Wildman–Crippen MR) is 112 cm³/mol. The number of amides is 1. The van der Waals surface area contributed by atoms with E-state index < -0.39 is 10.0 Å². The van der Waals surface area contributed by atoms with Gasteiger partial charge in [-0.1, -0.05) is 12.1 Å². The van der Waals surface area contributed by atoms with Crippen molar-refractivity contribution in [1.29, 1.82) is 0 Å². The molecule has 0 spiro atoms. The standard InChI is InChI=1S/C21H28N2O5S/c1-15-7-9-18(12-16(15)2)29(25,26)23-11-5-6-21(24)22-14-17-8-10-19(27-3)20(13-17)28-4/h7-10,12-13,23H,5-6,11,14H2,1-4H3,(H,22,24). The molecule has 1 amide bonds. The van der Waals surface area contributed by atoms with E-state index in [1.807, 2.05) is 19.9 Å². The molecule has 2 rings (SSSR count). The Kier molecular flexibility index (Phi) is 8.04. The first-order chi connectivity index (χ1) is 13.8. The molecule has 158 valence electrons. The van der Waals surface area contributed by atoms with Crippen molar-refractivity contribution < 1.29 is 22.7 Å². The minimum absolute atomic E-state index is 0.148. The average Bonchev–Trinajstić information content (AvgIpc) is 2.71. The Balaban J connectivity index is 1.77. The lowest BCUT2D eigenvalue weighted by molar-refractivity contribution is -0.121. The van der Waals surface area contributed by atoms with E-state index in [4.69, 9.17) is 9.47 Å². The fourth-order valence-corrected chi connectivity index (χ4v) is 3.86. The molecule has 0 aliphatic carbocycles. The van der Waals surface area contributed by atoms with Crippen LogP contribution in [-0.4, -0.2) is 35.1 Å². The maximum atomic E-state index is 12.3. The van der Waals surface area contributed by atoms with Gasteiger partial charge < -0.3 is 14.8 Å². The summed E-state index contributed by atoms with van der Waals surface area (Å²) >= 11 is 0. The molecule has 0 fully saturated rings. The predicted octanol–water partition coefficient (Wildman–Crippen LogP) is 2.70. The van der Waals surface area contributed by atoms with Gasteiger partial charge in [0.05, 0.1) is 19.1 Å². The maximum absolute atomic E-state index is 12.3. The van der Waals surface area contributed by atoms with Crippen molar-refractivity contribution in [3.63, 3.8) is 0 Å². The highest BCUT2D eigenvalue weighted by atomic mass is 32.2. The lowest BCUT2D eigenvalue weighted by Crippen LogP contribution is -2.27. The van der Waals surface area contributed by atoms with Crippen molar-refractivity contribution >= 4 is 15.9 Å². The highest BCUT2D eigenvalue weighted by Gasteiger charge is 2.14. The van der Waals surface area contributed by atoms with Crippen LogP contribution in [0.1, 0.15) is 29.5 Å². The second-order valence-electron chi connectivity index (χ2n) is 6.71. The molecule has 0 aliphatic rings. The molecule has 0 bridgehead atoms. The summed E-state index contributed by atoms with van der Waals surface area (Å²) in [5.41, 5.74) is 2.84. The van der Waals surface area contributed by atoms with Gasteiger partial charge in [0.2, 0.25) is 15.9 Å². The van der Waals surface area contributed by atoms with Crippen molar-refractivity contribution in [2.75, 3.05) is 20.8 Å². The van der Waals surface area contributed by atoms with Gasteiger partial charge in [0.15, 0.2) is 11.5 Å². The Morgan fingerprint density at radius 3 is 2.34 bits per heavy atom. The minimum atomic E-state index is -3.57. The molecule has 2 N–H and O–H groups in total. The average molecular weight is 421 g/mol. The van der Waals surface area contributed by atoms with Gasteiger partial charge in [-0.2, -0.15) is 0 Å². The molecule has 0 unspecified atom stereocenters. The molecule has 8 heteroatoms. The zero-order valence-corrected chi connectivity index (χ0v) is 18.1. The van der Waals surface area contributed by atoms with E-state index in [1.54, 1.807) is 44.6 Å². The summed E-state index contributed by atoms with van der Waals surface area (Å²) in [5.74, 6) is 1.07. The van der Waals surface area contributed by atoms with E-state index >= 15 is 0 Å². The summed E-state index contributed by atoms with van der Waals surface area (Å²) in [5, 5.41) is 2.82. The largest absolute Gasteiger partial charge is 0.493 e. The Morgan fingerprint density at radius 2 is 1.69 bits per heavy atom. The molecule has 29 heavy (non-hydrogen) atoms. The van der Waals surface area contributed by atoms with Crippen LogP contribution in [0.25, 0.3) is 0 Å². The van der Waals surface area contributed by atoms with Crippen molar-refractivity contribution in [3.8, 4) is 11.5 Å². The van der Waals surface area contributed by atoms with E-state index in [9.17, 15) is 13.2 Å². The molecule has 2 aromatic rings. The van der Waals surface area contributed by atoms with Crippen LogP contribution in [0, 0.1) is 13.8 Å². The first-order valence-electron chi connectivity index (χ1n) is 9.31. The summed E-state index contributed by atoms with van der Waals surface area (Å²) in [6, 6.07) is 10.4. The fourth-order valence-electron chi connectivity index (χ4n) is 2.70. The quantitative estimate of drug-likeness (QED) is 0.577. The molecule has 7 nitrogen and oxygen atoms in total. The topological polar surface area (TPSA) is 93.7 Å². The first-order valence-corrected chi connectivity index (χ1v) is 10.8. The number of aryl methyl sites for hydroxylation is 2. The summed E-state index contributed by atoms with van der Waals surface area (Å²) in [6.45, 7) is 4.35. The number of hydrogen-bond donors (Lipinski definition) is 2. The highest BCUT2D eigenvalue weighted by Crippen LogP contribution is 2.27. The zero-order chi connectivity index (χ0) is 21.4. The normalized spacial score (nSPS) is 11.2. The van der Waals surface area contributed by atoms with E-state index in [-0.39, 0.29) is 23.8 Å². The number of carbonyl (C=O) groups is 1. The van der Waals surface area contributed by atoms with Crippen molar-refractivity contribution in [2.45, 2.75) is 38.1 Å². The van der Waals surface area contributed by atoms with Gasteiger partial charge in [-0.15, -0.1) is 0 Å². The van der Waals surface area contributed by atoms with Gasteiger partial charge in [-0.25, -0.2) is 13.1 Å². The van der Waals surface area contributed by atoms with Gasteiger partial charge in [0.25, 0.3) is 0 Å². The van der Waals surface area contributed by atoms with E-state index in [1.165, 1.54) is 0 Å². The summed E-state index contributed by atoms with van der Waals surface area (Å²) in [6.07, 6.45) is 0.630. The molecule has 0 saturated carbocycles. The van der Waals surface area contributed by atoms with Gasteiger partial charge in [-0.05, 0) is 61.2 Å². The SMILES string of the molecule is COc1ccc(CNC(=O)CCCNS(=O)(=O)c2ccc(C)c(C)c2)cc1OC. The molecule has 2 aromatic carbocycles. The number of carbonyl (C=O) groups excluding carboxylic acids is 1. The van der Waals surface area contributed by atoms with Crippen LogP contribution in [0.2, 0.25) is 0 Å². The van der Waals surface area contributed by atoms with Crippen molar-refractivity contribution in [2.24, 2.45) is 0 Å². The second-order valence-corrected chi connectivity index (χ2v) is 8.48. The Labute approximate surface area is 172 Å². The summed E-state index contributed by atoms with van der Waals surface area (Å²) < 4.78 is 37.6. The van der Waals surface area contributed by atoms with Crippen molar-refractivity contribution in [1.82, 2.24) is 10.0 Å². The van der Waals surface area contributed by atoms with Crippen LogP contribution in [0.4, 0.5) is 0 Å². The molecule has 0 radical (unpaired) electrons. The van der Waals surface area contributed by atoms with Crippen molar-refractivity contribution in [3.05, 3.63) is 53.1 Å². The van der Waals surface area contributed by atoms with Crippen LogP contribution in [0.3, 0.4) is 0 Å².